The van der Waals surface area contributed by atoms with Crippen molar-refractivity contribution in [2.45, 2.75) is 6.54 Å². The van der Waals surface area contributed by atoms with Crippen LogP contribution in [0.3, 0.4) is 0 Å². The van der Waals surface area contributed by atoms with Gasteiger partial charge in [-0.25, -0.2) is 9.48 Å². The number of carbonyl (C=O) groups is 1. The summed E-state index contributed by atoms with van der Waals surface area (Å²) in [6, 6.07) is 3.75. The Labute approximate surface area is 139 Å². The third-order valence-electron chi connectivity index (χ3n) is 2.29. The number of rotatable bonds is 5. The molecule has 1 N–H and O–H groups in total. The molecule has 1 aromatic carbocycles. The Morgan fingerprint density at radius 2 is 1.95 bits per heavy atom. The summed E-state index contributed by atoms with van der Waals surface area (Å²) in [6.07, 6.45) is 1.36. The predicted molar refractivity (Wildman–Crippen MR) is 82.0 cm³/mol. The number of hydrogen-bond acceptors (Lipinski definition) is 4. The largest absolute Gasteiger partial charge is 0.489 e. The molecule has 0 radical (unpaired) electrons. The highest BCUT2D eigenvalue weighted by atomic mass is 79.9. The zero-order valence-electron chi connectivity index (χ0n) is 9.89. The van der Waals surface area contributed by atoms with Gasteiger partial charge in [-0.1, -0.05) is 21.1 Å². The lowest BCUT2D eigenvalue weighted by atomic mass is 10.3. The second-order valence-electron chi connectivity index (χ2n) is 3.72. The van der Waals surface area contributed by atoms with Crippen molar-refractivity contribution >= 4 is 53.8 Å². The Morgan fingerprint density at radius 1 is 1.30 bits per heavy atom. The van der Waals surface area contributed by atoms with Crippen LogP contribution in [-0.4, -0.2) is 32.7 Å². The number of carboxylic acid groups (broad SMARTS) is 1. The molecule has 6 nitrogen and oxygen atoms in total. The van der Waals surface area contributed by atoms with Crippen LogP contribution in [0.4, 0.5) is 0 Å². The Hall–Kier alpha value is -0.930. The van der Waals surface area contributed by atoms with E-state index in [4.69, 9.17) is 9.84 Å². The van der Waals surface area contributed by atoms with Crippen LogP contribution >= 0.6 is 47.8 Å². The van der Waals surface area contributed by atoms with E-state index in [-0.39, 0.29) is 5.69 Å². The van der Waals surface area contributed by atoms with Gasteiger partial charge in [0.15, 0.2) is 5.69 Å². The minimum absolute atomic E-state index is 0.0870. The van der Waals surface area contributed by atoms with Crippen LogP contribution in [0.1, 0.15) is 10.5 Å². The molecule has 1 heterocycles. The van der Waals surface area contributed by atoms with Gasteiger partial charge in [0.1, 0.15) is 12.4 Å². The van der Waals surface area contributed by atoms with Gasteiger partial charge in [-0.3, -0.25) is 0 Å². The Balaban J connectivity index is 1.97. The first-order valence-electron chi connectivity index (χ1n) is 5.38. The second-order valence-corrected chi connectivity index (χ2v) is 6.34. The highest BCUT2D eigenvalue weighted by molar-refractivity contribution is 9.11. The molecule has 1 aromatic heterocycles. The molecule has 106 valence electrons. The normalized spacial score (nSPS) is 10.6. The van der Waals surface area contributed by atoms with E-state index in [0.29, 0.717) is 18.9 Å². The van der Waals surface area contributed by atoms with Crippen molar-refractivity contribution in [1.82, 2.24) is 15.0 Å². The molecule has 2 aromatic rings. The van der Waals surface area contributed by atoms with E-state index in [1.165, 1.54) is 10.9 Å². The maximum atomic E-state index is 10.7. The number of halogens is 3. The molecule has 0 atom stereocenters. The van der Waals surface area contributed by atoms with Crippen LogP contribution in [0.5, 0.6) is 5.75 Å². The van der Waals surface area contributed by atoms with Crippen LogP contribution in [0.25, 0.3) is 0 Å². The average Bonchev–Trinajstić information content (AvgIpc) is 2.81. The van der Waals surface area contributed by atoms with E-state index in [1.54, 1.807) is 0 Å². The van der Waals surface area contributed by atoms with Gasteiger partial charge in [0.2, 0.25) is 0 Å². The summed E-state index contributed by atoms with van der Waals surface area (Å²) in [5, 5.41) is 16.0. The van der Waals surface area contributed by atoms with Gasteiger partial charge in [-0.05, 0) is 44.0 Å². The van der Waals surface area contributed by atoms with Crippen LogP contribution in [0, 0.1) is 0 Å². The molecule has 0 saturated carbocycles. The van der Waals surface area contributed by atoms with Crippen LogP contribution in [0.15, 0.2) is 31.7 Å². The Bertz CT molecular complexity index is 622. The minimum Gasteiger partial charge on any atom is -0.489 e. The van der Waals surface area contributed by atoms with E-state index >= 15 is 0 Å². The summed E-state index contributed by atoms with van der Waals surface area (Å²) in [4.78, 5) is 10.7. The van der Waals surface area contributed by atoms with Crippen molar-refractivity contribution < 1.29 is 14.6 Å². The molecular formula is C11H8Br3N3O3. The fourth-order valence-electron chi connectivity index (χ4n) is 1.41. The molecule has 20 heavy (non-hydrogen) atoms. The first kappa shape index (κ1) is 15.5. The monoisotopic (exact) mass is 467 g/mol. The number of ether oxygens (including phenoxy) is 1. The third-order valence-corrected chi connectivity index (χ3v) is 3.92. The molecule has 0 fully saturated rings. The molecule has 0 spiro atoms. The van der Waals surface area contributed by atoms with E-state index in [1.807, 2.05) is 12.1 Å². The number of nitrogens with zero attached hydrogens (tertiary/aromatic N) is 3. The van der Waals surface area contributed by atoms with Crippen molar-refractivity contribution in [2.24, 2.45) is 0 Å². The van der Waals surface area contributed by atoms with Crippen molar-refractivity contribution in [1.29, 1.82) is 0 Å². The first-order valence-corrected chi connectivity index (χ1v) is 7.76. The van der Waals surface area contributed by atoms with Crippen LogP contribution < -0.4 is 4.74 Å². The fraction of sp³-hybridized carbons (Fsp3) is 0.182. The minimum atomic E-state index is -1.10. The summed E-state index contributed by atoms with van der Waals surface area (Å²) in [6.45, 7) is 0.733. The quantitative estimate of drug-likeness (QED) is 0.726. The number of benzene rings is 1. The average molecular weight is 470 g/mol. The van der Waals surface area contributed by atoms with Crippen molar-refractivity contribution in [2.75, 3.05) is 6.61 Å². The van der Waals surface area contributed by atoms with Crippen LogP contribution in [-0.2, 0) is 6.54 Å². The van der Waals surface area contributed by atoms with E-state index in [2.05, 4.69) is 58.1 Å². The van der Waals surface area contributed by atoms with E-state index in [9.17, 15) is 4.79 Å². The smallest absolute Gasteiger partial charge is 0.358 e. The molecule has 2 rings (SSSR count). The fourth-order valence-corrected chi connectivity index (χ4v) is 3.90. The lowest BCUT2D eigenvalue weighted by Gasteiger charge is -2.10. The second kappa shape index (κ2) is 6.68. The van der Waals surface area contributed by atoms with Gasteiger partial charge in [-0.15, -0.1) is 5.10 Å². The van der Waals surface area contributed by atoms with Gasteiger partial charge < -0.3 is 9.84 Å². The molecule has 0 aliphatic heterocycles. The van der Waals surface area contributed by atoms with Crippen molar-refractivity contribution in [3.63, 3.8) is 0 Å². The highest BCUT2D eigenvalue weighted by Gasteiger charge is 2.10. The maximum absolute atomic E-state index is 10.7. The molecular weight excluding hydrogens is 462 g/mol. The zero-order valence-corrected chi connectivity index (χ0v) is 14.6. The molecule has 0 aliphatic rings. The van der Waals surface area contributed by atoms with Gasteiger partial charge in [-0.2, -0.15) is 0 Å². The Morgan fingerprint density at radius 3 is 2.50 bits per heavy atom. The predicted octanol–water partition coefficient (Wildman–Crippen LogP) is 3.34. The number of aromatic carboxylic acids is 1. The summed E-state index contributed by atoms with van der Waals surface area (Å²) in [5.74, 6) is -0.428. The van der Waals surface area contributed by atoms with Gasteiger partial charge in [0.25, 0.3) is 0 Å². The number of aromatic nitrogens is 3. The molecule has 0 saturated heterocycles. The lowest BCUT2D eigenvalue weighted by molar-refractivity contribution is 0.0690. The van der Waals surface area contributed by atoms with Crippen LogP contribution in [0.2, 0.25) is 0 Å². The first-order chi connectivity index (χ1) is 9.47. The highest BCUT2D eigenvalue weighted by Crippen LogP contribution is 2.36. The summed E-state index contributed by atoms with van der Waals surface area (Å²) in [5.41, 5.74) is -0.0870. The lowest BCUT2D eigenvalue weighted by Crippen LogP contribution is -2.09. The summed E-state index contributed by atoms with van der Waals surface area (Å²) < 4.78 is 9.61. The van der Waals surface area contributed by atoms with Crippen molar-refractivity contribution in [3.8, 4) is 5.75 Å². The van der Waals surface area contributed by atoms with Crippen molar-refractivity contribution in [3.05, 3.63) is 37.4 Å². The standard InChI is InChI=1S/C11H8Br3N3O3/c12-6-3-7(13)10(8(14)4-6)20-2-1-17-5-9(11(18)19)15-16-17/h3-5H,1-2H2,(H,18,19). The molecule has 0 unspecified atom stereocenters. The SMILES string of the molecule is O=C(O)c1cn(CCOc2c(Br)cc(Br)cc2Br)nn1. The maximum Gasteiger partial charge on any atom is 0.358 e. The van der Waals surface area contributed by atoms with Gasteiger partial charge in [0.05, 0.1) is 21.7 Å². The molecule has 9 heteroatoms. The molecule has 0 bridgehead atoms. The summed E-state index contributed by atoms with van der Waals surface area (Å²) in [7, 11) is 0. The van der Waals surface area contributed by atoms with E-state index < -0.39 is 5.97 Å². The zero-order chi connectivity index (χ0) is 14.7. The molecule has 0 aliphatic carbocycles. The third kappa shape index (κ3) is 3.80. The number of carboxylic acids is 1. The number of hydrogen-bond donors (Lipinski definition) is 1. The Kier molecular flexibility index (Phi) is 5.17. The topological polar surface area (TPSA) is 77.2 Å². The van der Waals surface area contributed by atoms with Gasteiger partial charge >= 0.3 is 5.97 Å². The summed E-state index contributed by atoms with van der Waals surface area (Å²) >= 11 is 10.2. The van der Waals surface area contributed by atoms with Gasteiger partial charge in [0, 0.05) is 4.47 Å². The van der Waals surface area contributed by atoms with E-state index in [0.717, 1.165) is 13.4 Å². The molecule has 0 amide bonds.